The summed E-state index contributed by atoms with van der Waals surface area (Å²) in [5.74, 6) is 1.06. The lowest BCUT2D eigenvalue weighted by atomic mass is 9.84. The van der Waals surface area contributed by atoms with Gasteiger partial charge in [0.05, 0.1) is 0 Å². The first kappa shape index (κ1) is 20.7. The molecule has 2 aromatic carbocycles. The Morgan fingerprint density at radius 3 is 2.47 bits per heavy atom. The Hall–Kier alpha value is -3.15. The van der Waals surface area contributed by atoms with E-state index in [-0.39, 0.29) is 17.7 Å². The molecule has 1 saturated carbocycles. The number of piperidine rings is 1. The molecule has 6 heteroatoms. The smallest absolute Gasteiger partial charge is 0.253 e. The molecule has 2 fully saturated rings. The van der Waals surface area contributed by atoms with Gasteiger partial charge in [-0.25, -0.2) is 4.98 Å². The van der Waals surface area contributed by atoms with E-state index in [2.05, 4.69) is 10.3 Å². The molecule has 2 aliphatic rings. The third kappa shape index (κ3) is 4.27. The van der Waals surface area contributed by atoms with Crippen LogP contribution in [0.1, 0.15) is 48.5 Å². The maximum atomic E-state index is 13.1. The molecular weight excluding hydrogens is 402 g/mol. The minimum atomic E-state index is -0.000437. The van der Waals surface area contributed by atoms with Crippen molar-refractivity contribution in [3.63, 3.8) is 0 Å². The fraction of sp³-hybridized carbons (Fsp3) is 0.423. The number of aromatic nitrogens is 1. The first-order valence-electron chi connectivity index (χ1n) is 11.6. The van der Waals surface area contributed by atoms with Crippen LogP contribution in [0.2, 0.25) is 0 Å². The molecule has 0 bridgehead atoms. The van der Waals surface area contributed by atoms with Crippen LogP contribution in [0.4, 0.5) is 0 Å². The quantitative estimate of drug-likeness (QED) is 0.642. The number of fused-ring (bicyclic) bond motifs is 1. The summed E-state index contributed by atoms with van der Waals surface area (Å²) >= 11 is 0. The number of carbonyl (C=O) groups is 2. The van der Waals surface area contributed by atoms with Gasteiger partial charge in [-0.1, -0.05) is 24.6 Å². The van der Waals surface area contributed by atoms with Crippen LogP contribution in [0.15, 0.2) is 46.9 Å². The third-order valence-corrected chi connectivity index (χ3v) is 6.80. The zero-order valence-corrected chi connectivity index (χ0v) is 18.6. The Bertz CT molecular complexity index is 1140. The third-order valence-electron chi connectivity index (χ3n) is 6.80. The summed E-state index contributed by atoms with van der Waals surface area (Å²) in [6, 6.07) is 13.9. The van der Waals surface area contributed by atoms with Crippen LogP contribution < -0.4 is 5.32 Å². The predicted molar refractivity (Wildman–Crippen MR) is 123 cm³/mol. The molecule has 2 heterocycles. The summed E-state index contributed by atoms with van der Waals surface area (Å²) in [6.07, 6.45) is 3.92. The van der Waals surface area contributed by atoms with Crippen molar-refractivity contribution >= 4 is 22.9 Å². The Morgan fingerprint density at radius 2 is 1.78 bits per heavy atom. The average molecular weight is 432 g/mol. The summed E-state index contributed by atoms with van der Waals surface area (Å²) in [5.41, 5.74) is 4.08. The molecule has 0 spiro atoms. The van der Waals surface area contributed by atoms with E-state index in [4.69, 9.17) is 4.42 Å². The van der Waals surface area contributed by atoms with Gasteiger partial charge in [0.25, 0.3) is 5.91 Å². The van der Waals surface area contributed by atoms with E-state index in [9.17, 15) is 9.59 Å². The van der Waals surface area contributed by atoms with E-state index in [1.54, 1.807) is 0 Å². The molecule has 3 aromatic rings. The number of aryl methyl sites for hydroxylation is 1. The number of amides is 2. The molecule has 1 aliphatic carbocycles. The Morgan fingerprint density at radius 1 is 1.06 bits per heavy atom. The largest absolute Gasteiger partial charge is 0.436 e. The molecule has 32 heavy (non-hydrogen) atoms. The molecule has 5 rings (SSSR count). The Balaban J connectivity index is 1.24. The van der Waals surface area contributed by atoms with Crippen LogP contribution in [-0.2, 0) is 4.79 Å². The molecule has 2 amide bonds. The predicted octanol–water partition coefficient (Wildman–Crippen LogP) is 4.57. The number of likely N-dealkylation sites (tertiary alicyclic amines) is 1. The monoisotopic (exact) mass is 431 g/mol. The molecule has 1 unspecified atom stereocenters. The summed E-state index contributed by atoms with van der Waals surface area (Å²) in [5, 5.41) is 3.11. The Labute approximate surface area is 188 Å². The first-order valence-corrected chi connectivity index (χ1v) is 11.6. The summed E-state index contributed by atoms with van der Waals surface area (Å²) in [4.78, 5) is 32.0. The van der Waals surface area contributed by atoms with Gasteiger partial charge < -0.3 is 14.6 Å². The number of oxazole rings is 1. The lowest BCUT2D eigenvalue weighted by Gasteiger charge is -2.34. The van der Waals surface area contributed by atoms with E-state index in [0.717, 1.165) is 31.2 Å². The van der Waals surface area contributed by atoms with Crippen LogP contribution in [0.3, 0.4) is 0 Å². The normalized spacial score (nSPS) is 18.0. The van der Waals surface area contributed by atoms with Crippen molar-refractivity contribution in [1.29, 1.82) is 0 Å². The molecular formula is C26H29N3O3. The van der Waals surface area contributed by atoms with Gasteiger partial charge in [-0.2, -0.15) is 0 Å². The van der Waals surface area contributed by atoms with Gasteiger partial charge in [0, 0.05) is 36.2 Å². The number of rotatable bonds is 5. The van der Waals surface area contributed by atoms with Crippen molar-refractivity contribution in [2.75, 3.05) is 13.1 Å². The minimum Gasteiger partial charge on any atom is -0.436 e. The number of nitrogens with one attached hydrogen (secondary N) is 1. The van der Waals surface area contributed by atoms with Crippen LogP contribution in [0.25, 0.3) is 22.6 Å². The fourth-order valence-corrected chi connectivity index (χ4v) is 4.44. The van der Waals surface area contributed by atoms with Crippen molar-refractivity contribution in [1.82, 2.24) is 15.2 Å². The Kier molecular flexibility index (Phi) is 5.45. The number of nitrogens with zero attached hydrogens (tertiary/aromatic N) is 2. The van der Waals surface area contributed by atoms with E-state index < -0.39 is 0 Å². The van der Waals surface area contributed by atoms with Crippen molar-refractivity contribution < 1.29 is 14.0 Å². The second kappa shape index (κ2) is 8.41. The van der Waals surface area contributed by atoms with Crippen molar-refractivity contribution in [2.45, 2.75) is 45.6 Å². The molecule has 6 nitrogen and oxygen atoms in total. The lowest BCUT2D eigenvalue weighted by Crippen LogP contribution is -2.43. The highest BCUT2D eigenvalue weighted by atomic mass is 16.3. The zero-order valence-electron chi connectivity index (χ0n) is 18.6. The lowest BCUT2D eigenvalue weighted by molar-refractivity contribution is -0.126. The first-order chi connectivity index (χ1) is 15.5. The van der Waals surface area contributed by atoms with E-state index in [0.29, 0.717) is 47.6 Å². The standard InChI is InChI=1S/C26H29N3O3/c1-16-3-5-19(6-4-16)25-28-22-15-20(7-10-23(22)32-25)26(31)29-13-11-18(12-14-29)17(2)24(30)27-21-8-9-21/h3-7,10,15,17-18,21H,8-9,11-14H2,1-2H3,(H,27,30). The van der Waals surface area contributed by atoms with Crippen molar-refractivity contribution in [2.24, 2.45) is 11.8 Å². The van der Waals surface area contributed by atoms with Gasteiger partial charge in [-0.3, -0.25) is 9.59 Å². The highest BCUT2D eigenvalue weighted by molar-refractivity contribution is 5.97. The SMILES string of the molecule is Cc1ccc(-c2nc3cc(C(=O)N4CCC(C(C)C(=O)NC5CC5)CC4)ccc3o2)cc1. The highest BCUT2D eigenvalue weighted by Gasteiger charge is 2.32. The topological polar surface area (TPSA) is 75.4 Å². The van der Waals surface area contributed by atoms with Gasteiger partial charge in [0.1, 0.15) is 5.52 Å². The van der Waals surface area contributed by atoms with Gasteiger partial charge in [-0.15, -0.1) is 0 Å². The van der Waals surface area contributed by atoms with Gasteiger partial charge in [-0.05, 0) is 68.9 Å². The summed E-state index contributed by atoms with van der Waals surface area (Å²) in [7, 11) is 0. The maximum absolute atomic E-state index is 13.1. The molecule has 1 atom stereocenters. The van der Waals surface area contributed by atoms with Gasteiger partial charge in [0.15, 0.2) is 5.58 Å². The number of benzene rings is 2. The average Bonchev–Trinajstić information content (AvgIpc) is 3.53. The second-order valence-corrected chi connectivity index (χ2v) is 9.27. The number of hydrogen-bond acceptors (Lipinski definition) is 4. The number of hydrogen-bond donors (Lipinski definition) is 1. The van der Waals surface area contributed by atoms with Crippen LogP contribution in [0.5, 0.6) is 0 Å². The van der Waals surface area contributed by atoms with Gasteiger partial charge >= 0.3 is 0 Å². The highest BCUT2D eigenvalue weighted by Crippen LogP contribution is 2.29. The van der Waals surface area contributed by atoms with Crippen LogP contribution in [-0.4, -0.2) is 40.8 Å². The second-order valence-electron chi connectivity index (χ2n) is 9.27. The summed E-state index contributed by atoms with van der Waals surface area (Å²) in [6.45, 7) is 5.41. The summed E-state index contributed by atoms with van der Waals surface area (Å²) < 4.78 is 5.89. The minimum absolute atomic E-state index is 0.000437. The van der Waals surface area contributed by atoms with E-state index in [1.165, 1.54) is 5.56 Å². The molecule has 1 N–H and O–H groups in total. The van der Waals surface area contributed by atoms with E-state index in [1.807, 2.05) is 61.2 Å². The van der Waals surface area contributed by atoms with Crippen LogP contribution in [0, 0.1) is 18.8 Å². The molecule has 0 radical (unpaired) electrons. The van der Waals surface area contributed by atoms with Crippen molar-refractivity contribution in [3.05, 3.63) is 53.6 Å². The van der Waals surface area contributed by atoms with Crippen molar-refractivity contribution in [3.8, 4) is 11.5 Å². The molecule has 1 aromatic heterocycles. The zero-order chi connectivity index (χ0) is 22.2. The fourth-order valence-electron chi connectivity index (χ4n) is 4.44. The number of carbonyl (C=O) groups excluding carboxylic acids is 2. The van der Waals surface area contributed by atoms with E-state index >= 15 is 0 Å². The maximum Gasteiger partial charge on any atom is 0.253 e. The van der Waals surface area contributed by atoms with Crippen LogP contribution >= 0.6 is 0 Å². The van der Waals surface area contributed by atoms with Gasteiger partial charge in [0.2, 0.25) is 11.8 Å². The molecule has 1 aliphatic heterocycles. The molecule has 166 valence electrons. The molecule has 1 saturated heterocycles.